The van der Waals surface area contributed by atoms with Gasteiger partial charge in [0, 0.05) is 26.2 Å². The quantitative estimate of drug-likeness (QED) is 0.635. The molecule has 0 aromatic rings. The molecular weight excluding hydrogens is 154 g/mol. The van der Waals surface area contributed by atoms with Gasteiger partial charge in [-0.2, -0.15) is 0 Å². The first-order chi connectivity index (χ1) is 5.53. The number of hydrogen-bond acceptors (Lipinski definition) is 3. The lowest BCUT2D eigenvalue weighted by atomic mass is 10.1. The summed E-state index contributed by atoms with van der Waals surface area (Å²) < 4.78 is 0. The van der Waals surface area contributed by atoms with Crippen LogP contribution in [0.2, 0.25) is 0 Å². The zero-order valence-electron chi connectivity index (χ0n) is 7.95. The molecular formula is C9H19NO2. The van der Waals surface area contributed by atoms with Gasteiger partial charge in [-0.1, -0.05) is 6.92 Å². The normalized spacial score (nSPS) is 34.0. The van der Waals surface area contributed by atoms with Gasteiger partial charge in [-0.25, -0.2) is 0 Å². The Bertz CT molecular complexity index is 147. The molecule has 0 saturated carbocycles. The summed E-state index contributed by atoms with van der Waals surface area (Å²) in [6.07, 6.45) is 0.852. The summed E-state index contributed by atoms with van der Waals surface area (Å²) in [5.41, 5.74) is -0.505. The van der Waals surface area contributed by atoms with Gasteiger partial charge in [-0.05, 0) is 19.3 Å². The van der Waals surface area contributed by atoms with E-state index in [0.29, 0.717) is 5.92 Å². The largest absolute Gasteiger partial charge is 0.396 e. The highest BCUT2D eigenvalue weighted by Crippen LogP contribution is 2.20. The van der Waals surface area contributed by atoms with E-state index >= 15 is 0 Å². The molecule has 0 amide bonds. The summed E-state index contributed by atoms with van der Waals surface area (Å²) in [5.74, 6) is 0.318. The summed E-state index contributed by atoms with van der Waals surface area (Å²) >= 11 is 0. The van der Waals surface area contributed by atoms with E-state index in [1.165, 1.54) is 0 Å². The monoisotopic (exact) mass is 173 g/mol. The summed E-state index contributed by atoms with van der Waals surface area (Å²) in [7, 11) is 0. The van der Waals surface area contributed by atoms with Crippen molar-refractivity contribution < 1.29 is 10.2 Å². The second kappa shape index (κ2) is 3.73. The zero-order chi connectivity index (χ0) is 9.19. The van der Waals surface area contributed by atoms with Gasteiger partial charge in [0.2, 0.25) is 0 Å². The Hall–Kier alpha value is -0.120. The first-order valence-electron chi connectivity index (χ1n) is 4.59. The second-order valence-corrected chi connectivity index (χ2v) is 4.27. The Kier molecular flexibility index (Phi) is 3.09. The van der Waals surface area contributed by atoms with Crippen LogP contribution < -0.4 is 0 Å². The topological polar surface area (TPSA) is 43.7 Å². The van der Waals surface area contributed by atoms with Crippen molar-refractivity contribution in [1.82, 2.24) is 4.90 Å². The van der Waals surface area contributed by atoms with E-state index in [2.05, 4.69) is 4.90 Å². The molecule has 1 aliphatic rings. The molecule has 0 spiro atoms. The van der Waals surface area contributed by atoms with Crippen molar-refractivity contribution in [3.8, 4) is 0 Å². The Morgan fingerprint density at radius 2 is 2.25 bits per heavy atom. The van der Waals surface area contributed by atoms with E-state index in [1.54, 1.807) is 0 Å². The van der Waals surface area contributed by atoms with Crippen LogP contribution in [-0.2, 0) is 0 Å². The summed E-state index contributed by atoms with van der Waals surface area (Å²) in [4.78, 5) is 2.21. The third-order valence-corrected chi connectivity index (χ3v) is 2.41. The molecule has 0 aromatic carbocycles. The molecule has 0 aliphatic carbocycles. The van der Waals surface area contributed by atoms with Crippen LogP contribution in [0, 0.1) is 5.92 Å². The molecule has 1 fully saturated rings. The smallest absolute Gasteiger partial charge is 0.0758 e. The van der Waals surface area contributed by atoms with Crippen LogP contribution >= 0.6 is 0 Å². The van der Waals surface area contributed by atoms with E-state index in [4.69, 9.17) is 5.11 Å². The third-order valence-electron chi connectivity index (χ3n) is 2.41. The van der Waals surface area contributed by atoms with Gasteiger partial charge in [0.05, 0.1) is 5.60 Å². The van der Waals surface area contributed by atoms with Crippen molar-refractivity contribution >= 4 is 0 Å². The molecule has 1 rings (SSSR count). The van der Waals surface area contributed by atoms with Gasteiger partial charge in [0.15, 0.2) is 0 Å². The standard InChI is InChI=1S/C9H19NO2/c1-8(6-11)5-10-4-3-9(2,12)7-10/h8,11-12H,3-7H2,1-2H3. The van der Waals surface area contributed by atoms with Crippen molar-refractivity contribution in [2.24, 2.45) is 5.92 Å². The average molecular weight is 173 g/mol. The van der Waals surface area contributed by atoms with Crippen molar-refractivity contribution in [2.45, 2.75) is 25.9 Å². The number of hydrogen-bond donors (Lipinski definition) is 2. The Morgan fingerprint density at radius 1 is 1.58 bits per heavy atom. The fourth-order valence-electron chi connectivity index (χ4n) is 1.69. The fourth-order valence-corrected chi connectivity index (χ4v) is 1.69. The van der Waals surface area contributed by atoms with Crippen molar-refractivity contribution in [3.05, 3.63) is 0 Å². The van der Waals surface area contributed by atoms with Gasteiger partial charge in [-0.3, -0.25) is 0 Å². The number of likely N-dealkylation sites (tertiary alicyclic amines) is 1. The average Bonchev–Trinajstić information content (AvgIpc) is 2.30. The number of aliphatic hydroxyl groups is 2. The van der Waals surface area contributed by atoms with E-state index in [9.17, 15) is 5.11 Å². The highest BCUT2D eigenvalue weighted by atomic mass is 16.3. The molecule has 3 nitrogen and oxygen atoms in total. The predicted octanol–water partition coefficient (Wildman–Crippen LogP) is 0.0715. The Balaban J connectivity index is 2.28. The molecule has 2 atom stereocenters. The molecule has 3 heteroatoms. The van der Waals surface area contributed by atoms with E-state index in [1.807, 2.05) is 13.8 Å². The van der Waals surface area contributed by atoms with Crippen molar-refractivity contribution in [3.63, 3.8) is 0 Å². The maximum absolute atomic E-state index is 9.65. The minimum absolute atomic E-state index is 0.235. The molecule has 1 aliphatic heterocycles. The molecule has 0 aromatic heterocycles. The van der Waals surface area contributed by atoms with Crippen molar-refractivity contribution in [1.29, 1.82) is 0 Å². The van der Waals surface area contributed by atoms with Gasteiger partial charge in [-0.15, -0.1) is 0 Å². The maximum atomic E-state index is 9.65. The molecule has 2 unspecified atom stereocenters. The number of rotatable bonds is 3. The number of nitrogens with zero attached hydrogens (tertiary/aromatic N) is 1. The minimum atomic E-state index is -0.505. The van der Waals surface area contributed by atoms with Gasteiger partial charge in [0.1, 0.15) is 0 Å². The zero-order valence-corrected chi connectivity index (χ0v) is 7.95. The first-order valence-corrected chi connectivity index (χ1v) is 4.59. The van der Waals surface area contributed by atoms with E-state index < -0.39 is 5.60 Å². The molecule has 2 N–H and O–H groups in total. The van der Waals surface area contributed by atoms with Crippen LogP contribution in [0.3, 0.4) is 0 Å². The lowest BCUT2D eigenvalue weighted by Gasteiger charge is -2.21. The maximum Gasteiger partial charge on any atom is 0.0758 e. The Morgan fingerprint density at radius 3 is 2.67 bits per heavy atom. The molecule has 1 saturated heterocycles. The molecule has 72 valence electrons. The minimum Gasteiger partial charge on any atom is -0.396 e. The van der Waals surface area contributed by atoms with Crippen molar-refractivity contribution in [2.75, 3.05) is 26.2 Å². The lowest BCUT2D eigenvalue weighted by molar-refractivity contribution is 0.0651. The highest BCUT2D eigenvalue weighted by Gasteiger charge is 2.31. The molecule has 0 bridgehead atoms. The molecule has 0 radical (unpaired) electrons. The number of aliphatic hydroxyl groups excluding tert-OH is 1. The summed E-state index contributed by atoms with van der Waals surface area (Å²) in [6.45, 7) is 6.73. The predicted molar refractivity (Wildman–Crippen MR) is 47.9 cm³/mol. The van der Waals surface area contributed by atoms with Crippen LogP contribution in [0.15, 0.2) is 0 Å². The fraction of sp³-hybridized carbons (Fsp3) is 1.00. The van der Waals surface area contributed by atoms with E-state index in [0.717, 1.165) is 26.1 Å². The van der Waals surface area contributed by atoms with Crippen LogP contribution in [0.4, 0.5) is 0 Å². The first kappa shape index (κ1) is 9.96. The van der Waals surface area contributed by atoms with Crippen LogP contribution in [0.5, 0.6) is 0 Å². The lowest BCUT2D eigenvalue weighted by Crippen LogP contribution is -2.32. The van der Waals surface area contributed by atoms with E-state index in [-0.39, 0.29) is 6.61 Å². The van der Waals surface area contributed by atoms with Gasteiger partial charge in [0.25, 0.3) is 0 Å². The Labute approximate surface area is 74.0 Å². The molecule has 12 heavy (non-hydrogen) atoms. The SMILES string of the molecule is CC(CO)CN1CCC(C)(O)C1. The summed E-state index contributed by atoms with van der Waals surface area (Å²) in [5, 5.41) is 18.5. The van der Waals surface area contributed by atoms with Crippen LogP contribution in [0.1, 0.15) is 20.3 Å². The second-order valence-electron chi connectivity index (χ2n) is 4.27. The number of β-amino-alcohol motifs (C(OH)–C–C–N with tert-alkyl or cyclic N) is 1. The highest BCUT2D eigenvalue weighted by molar-refractivity contribution is 4.86. The van der Waals surface area contributed by atoms with Crippen LogP contribution in [-0.4, -0.2) is 47.0 Å². The van der Waals surface area contributed by atoms with Gasteiger partial charge < -0.3 is 15.1 Å². The summed E-state index contributed by atoms with van der Waals surface area (Å²) in [6, 6.07) is 0. The van der Waals surface area contributed by atoms with Gasteiger partial charge >= 0.3 is 0 Å². The third kappa shape index (κ3) is 2.73. The molecule has 1 heterocycles. The van der Waals surface area contributed by atoms with Crippen LogP contribution in [0.25, 0.3) is 0 Å².